The molecule has 3 N–H and O–H groups in total. The molecule has 2 atom stereocenters. The van der Waals surface area contributed by atoms with E-state index in [0.29, 0.717) is 13.0 Å². The maximum Gasteiger partial charge on any atom is 0.328 e. The van der Waals surface area contributed by atoms with Crippen molar-refractivity contribution in [3.63, 3.8) is 0 Å². The summed E-state index contributed by atoms with van der Waals surface area (Å²) in [6, 6.07) is -1.58. The molecule has 0 aromatic heterocycles. The van der Waals surface area contributed by atoms with Gasteiger partial charge in [-0.1, -0.05) is 0 Å². The van der Waals surface area contributed by atoms with E-state index in [2.05, 4.69) is 5.32 Å². The number of aliphatic carboxylic acids is 1. The van der Waals surface area contributed by atoms with Crippen LogP contribution in [0.3, 0.4) is 0 Å². The molecule has 3 amide bonds. The summed E-state index contributed by atoms with van der Waals surface area (Å²) in [6.45, 7) is 1.53. The minimum absolute atomic E-state index is 0.0931. The first-order valence-electron chi connectivity index (χ1n) is 6.02. The highest BCUT2D eigenvalue weighted by molar-refractivity contribution is 5.90. The maximum atomic E-state index is 12.1. The van der Waals surface area contributed by atoms with Crippen LogP contribution in [0, 0.1) is 0 Å². The Bertz CT molecular complexity index is 371. The van der Waals surface area contributed by atoms with Crippen LogP contribution in [-0.4, -0.2) is 76.7 Å². The number of carboxylic acid groups (broad SMARTS) is 1. The molecule has 2 unspecified atom stereocenters. The third-order valence-electron chi connectivity index (χ3n) is 2.92. The van der Waals surface area contributed by atoms with Gasteiger partial charge in [0.2, 0.25) is 5.91 Å². The Morgan fingerprint density at radius 2 is 2.21 bits per heavy atom. The van der Waals surface area contributed by atoms with Crippen molar-refractivity contribution in [1.29, 1.82) is 0 Å². The van der Waals surface area contributed by atoms with Gasteiger partial charge < -0.3 is 20.4 Å². The fourth-order valence-electron chi connectivity index (χ4n) is 1.76. The number of hydrogen-bond donors (Lipinski definition) is 3. The molecule has 8 heteroatoms. The monoisotopic (exact) mass is 273 g/mol. The van der Waals surface area contributed by atoms with E-state index in [4.69, 9.17) is 10.2 Å². The predicted octanol–water partition coefficient (Wildman–Crippen LogP) is -1.31. The van der Waals surface area contributed by atoms with Crippen LogP contribution < -0.4 is 5.32 Å². The number of nitrogens with zero attached hydrogens (tertiary/aromatic N) is 2. The Morgan fingerprint density at radius 3 is 2.74 bits per heavy atom. The van der Waals surface area contributed by atoms with Crippen molar-refractivity contribution in [2.45, 2.75) is 25.5 Å². The molecule has 0 aliphatic carbocycles. The zero-order chi connectivity index (χ0) is 14.6. The summed E-state index contributed by atoms with van der Waals surface area (Å²) in [4.78, 5) is 36.8. The van der Waals surface area contributed by atoms with E-state index in [-0.39, 0.29) is 19.0 Å². The number of hydrogen-bond acceptors (Lipinski definition) is 4. The van der Waals surface area contributed by atoms with Gasteiger partial charge in [0, 0.05) is 20.1 Å². The molecule has 1 fully saturated rings. The number of aliphatic hydroxyl groups excluding tert-OH is 1. The first kappa shape index (κ1) is 15.2. The Balaban J connectivity index is 2.70. The lowest BCUT2D eigenvalue weighted by molar-refractivity contribution is -0.144. The van der Waals surface area contributed by atoms with Gasteiger partial charge in [-0.05, 0) is 13.3 Å². The van der Waals surface area contributed by atoms with E-state index >= 15 is 0 Å². The highest BCUT2D eigenvalue weighted by atomic mass is 16.4. The van der Waals surface area contributed by atoms with Gasteiger partial charge in [-0.2, -0.15) is 0 Å². The van der Waals surface area contributed by atoms with Crippen LogP contribution in [0.25, 0.3) is 0 Å². The number of rotatable bonds is 4. The first-order valence-corrected chi connectivity index (χ1v) is 6.02. The smallest absolute Gasteiger partial charge is 0.328 e. The van der Waals surface area contributed by atoms with E-state index in [1.807, 2.05) is 0 Å². The second kappa shape index (κ2) is 6.37. The van der Waals surface area contributed by atoms with E-state index in [1.54, 1.807) is 6.92 Å². The van der Waals surface area contributed by atoms with E-state index in [9.17, 15) is 14.4 Å². The van der Waals surface area contributed by atoms with Crippen LogP contribution in [0.1, 0.15) is 13.3 Å². The summed E-state index contributed by atoms with van der Waals surface area (Å²) in [6.07, 6.45) is -0.157. The zero-order valence-corrected chi connectivity index (χ0v) is 11.0. The van der Waals surface area contributed by atoms with Crippen molar-refractivity contribution in [1.82, 2.24) is 15.1 Å². The molecule has 1 aliphatic rings. The Labute approximate surface area is 111 Å². The normalized spacial score (nSPS) is 20.7. The number of amides is 3. The van der Waals surface area contributed by atoms with Gasteiger partial charge >= 0.3 is 12.0 Å². The molecular weight excluding hydrogens is 254 g/mol. The number of carbonyl (C=O) groups is 3. The molecule has 8 nitrogen and oxygen atoms in total. The second-order valence-electron chi connectivity index (χ2n) is 4.63. The number of nitrogens with one attached hydrogen (secondary N) is 1. The molecule has 1 aliphatic heterocycles. The molecule has 1 heterocycles. The fourth-order valence-corrected chi connectivity index (χ4v) is 1.76. The quantitative estimate of drug-likeness (QED) is 0.589. The first-order chi connectivity index (χ1) is 8.82. The van der Waals surface area contributed by atoms with Crippen LogP contribution in [0.5, 0.6) is 0 Å². The summed E-state index contributed by atoms with van der Waals surface area (Å²) >= 11 is 0. The van der Waals surface area contributed by atoms with E-state index in [1.165, 1.54) is 11.9 Å². The van der Waals surface area contributed by atoms with E-state index < -0.39 is 24.1 Å². The van der Waals surface area contributed by atoms with Gasteiger partial charge in [0.1, 0.15) is 12.6 Å². The molecule has 0 radical (unpaired) electrons. The molecule has 19 heavy (non-hydrogen) atoms. The molecule has 108 valence electrons. The number of aliphatic hydroxyl groups is 1. The van der Waals surface area contributed by atoms with Crippen LogP contribution in [0.4, 0.5) is 4.79 Å². The summed E-state index contributed by atoms with van der Waals surface area (Å²) in [7, 11) is 1.51. The third-order valence-corrected chi connectivity index (χ3v) is 2.92. The van der Waals surface area contributed by atoms with Crippen molar-refractivity contribution in [2.75, 3.05) is 26.7 Å². The van der Waals surface area contributed by atoms with Crippen molar-refractivity contribution in [3.8, 4) is 0 Å². The van der Waals surface area contributed by atoms with Gasteiger partial charge in [0.15, 0.2) is 0 Å². The summed E-state index contributed by atoms with van der Waals surface area (Å²) in [5.41, 5.74) is 0. The standard InChI is InChI=1S/C11H19N3O5/c1-7(15)3-4-13(2)11(19)14-6-9(16)12-5-8(14)10(17)18/h7-8,15H,3-6H2,1-2H3,(H,12,16)(H,17,18). The molecule has 0 aromatic carbocycles. The number of piperazine rings is 1. The van der Waals surface area contributed by atoms with Gasteiger partial charge in [0.05, 0.1) is 6.10 Å². The van der Waals surface area contributed by atoms with Crippen molar-refractivity contribution >= 4 is 17.9 Å². The minimum Gasteiger partial charge on any atom is -0.480 e. The number of carboxylic acids is 1. The summed E-state index contributed by atoms with van der Waals surface area (Å²) in [5, 5.41) is 20.6. The minimum atomic E-state index is -1.16. The SMILES string of the molecule is CC(O)CCN(C)C(=O)N1CC(=O)NCC1C(=O)O. The second-order valence-corrected chi connectivity index (χ2v) is 4.63. The zero-order valence-electron chi connectivity index (χ0n) is 11.0. The molecule has 1 saturated heterocycles. The average molecular weight is 273 g/mol. The lowest BCUT2D eigenvalue weighted by Crippen LogP contribution is -2.61. The molecule has 0 bridgehead atoms. The Morgan fingerprint density at radius 1 is 1.58 bits per heavy atom. The van der Waals surface area contributed by atoms with Crippen LogP contribution in [-0.2, 0) is 9.59 Å². The maximum absolute atomic E-state index is 12.1. The Kier molecular flexibility index (Phi) is 5.11. The van der Waals surface area contributed by atoms with Gasteiger partial charge in [-0.3, -0.25) is 9.69 Å². The van der Waals surface area contributed by atoms with Crippen molar-refractivity contribution in [2.24, 2.45) is 0 Å². The molecule has 0 aromatic rings. The predicted molar refractivity (Wildman–Crippen MR) is 65.5 cm³/mol. The molecule has 1 rings (SSSR count). The number of urea groups is 1. The number of carbonyl (C=O) groups excluding carboxylic acids is 2. The van der Waals surface area contributed by atoms with Crippen LogP contribution >= 0.6 is 0 Å². The third kappa shape index (κ3) is 4.09. The Hall–Kier alpha value is -1.83. The molecule has 0 spiro atoms. The lowest BCUT2D eigenvalue weighted by Gasteiger charge is -2.35. The van der Waals surface area contributed by atoms with Gasteiger partial charge in [-0.25, -0.2) is 9.59 Å². The average Bonchev–Trinajstić information content (AvgIpc) is 2.34. The lowest BCUT2D eigenvalue weighted by atomic mass is 10.2. The summed E-state index contributed by atoms with van der Waals surface area (Å²) in [5.74, 6) is -1.54. The molecule has 0 saturated carbocycles. The largest absolute Gasteiger partial charge is 0.480 e. The highest BCUT2D eigenvalue weighted by Crippen LogP contribution is 2.08. The molecular formula is C11H19N3O5. The summed E-state index contributed by atoms with van der Waals surface area (Å²) < 4.78 is 0. The van der Waals surface area contributed by atoms with Gasteiger partial charge in [0.25, 0.3) is 0 Å². The van der Waals surface area contributed by atoms with Crippen molar-refractivity contribution in [3.05, 3.63) is 0 Å². The van der Waals surface area contributed by atoms with Gasteiger partial charge in [-0.15, -0.1) is 0 Å². The van der Waals surface area contributed by atoms with E-state index in [0.717, 1.165) is 4.90 Å². The van der Waals surface area contributed by atoms with Crippen molar-refractivity contribution < 1.29 is 24.6 Å². The fraction of sp³-hybridized carbons (Fsp3) is 0.727. The van der Waals surface area contributed by atoms with Crippen LogP contribution in [0.15, 0.2) is 0 Å². The topological polar surface area (TPSA) is 110 Å². The van der Waals surface area contributed by atoms with Crippen LogP contribution in [0.2, 0.25) is 0 Å². The highest BCUT2D eigenvalue weighted by Gasteiger charge is 2.36.